The summed E-state index contributed by atoms with van der Waals surface area (Å²) in [4.78, 5) is 23.9. The Morgan fingerprint density at radius 3 is 2.87 bits per heavy atom. The van der Waals surface area contributed by atoms with Crippen molar-refractivity contribution in [2.45, 2.75) is 13.0 Å². The molecule has 23 heavy (non-hydrogen) atoms. The van der Waals surface area contributed by atoms with Crippen LogP contribution in [0.3, 0.4) is 0 Å². The zero-order valence-corrected chi connectivity index (χ0v) is 12.9. The molecule has 2 aromatic rings. The van der Waals surface area contributed by atoms with Gasteiger partial charge in [-0.2, -0.15) is 0 Å². The minimum Gasteiger partial charge on any atom is -0.393 e. The standard InChI is InChI=1S/C14H19N7O2/c1-9(7-23-2)19-12-11(15)13(18-8-17-12)20-21-14(22)10-4-3-5-16-6-10/h3-6,8-9H,7,15H2,1-2H3,(H,21,22)(H2,17,18,19,20). The molecule has 2 rings (SSSR count). The predicted molar refractivity (Wildman–Crippen MR) is 86.7 cm³/mol. The van der Waals surface area contributed by atoms with E-state index in [0.29, 0.717) is 29.5 Å². The SMILES string of the molecule is COCC(C)Nc1ncnc(NNC(=O)c2cccnc2)c1N. The maximum atomic E-state index is 11.9. The number of nitrogens with one attached hydrogen (secondary N) is 3. The average Bonchev–Trinajstić information content (AvgIpc) is 2.56. The van der Waals surface area contributed by atoms with Crippen molar-refractivity contribution in [3.05, 3.63) is 36.4 Å². The lowest BCUT2D eigenvalue weighted by molar-refractivity contribution is 0.0962. The highest BCUT2D eigenvalue weighted by Gasteiger charge is 2.12. The Kier molecular flexibility index (Phi) is 5.64. The van der Waals surface area contributed by atoms with E-state index in [1.807, 2.05) is 6.92 Å². The lowest BCUT2D eigenvalue weighted by Crippen LogP contribution is -2.30. The van der Waals surface area contributed by atoms with E-state index in [-0.39, 0.29) is 11.9 Å². The molecule has 1 amide bonds. The monoisotopic (exact) mass is 317 g/mol. The van der Waals surface area contributed by atoms with Crippen LogP contribution in [0.25, 0.3) is 0 Å². The van der Waals surface area contributed by atoms with Gasteiger partial charge in [-0.3, -0.25) is 20.6 Å². The fraction of sp³-hybridized carbons (Fsp3) is 0.286. The first-order chi connectivity index (χ1) is 11.1. The summed E-state index contributed by atoms with van der Waals surface area (Å²) in [5.74, 6) is 0.408. The highest BCUT2D eigenvalue weighted by Crippen LogP contribution is 2.22. The smallest absolute Gasteiger partial charge is 0.271 e. The number of amides is 1. The maximum absolute atomic E-state index is 11.9. The van der Waals surface area contributed by atoms with Crippen molar-refractivity contribution in [2.24, 2.45) is 0 Å². The van der Waals surface area contributed by atoms with Crippen LogP contribution in [0.15, 0.2) is 30.9 Å². The molecule has 0 aromatic carbocycles. The van der Waals surface area contributed by atoms with Gasteiger partial charge in [-0.15, -0.1) is 0 Å². The van der Waals surface area contributed by atoms with Crippen molar-refractivity contribution >= 4 is 23.2 Å². The van der Waals surface area contributed by atoms with Crippen LogP contribution in [0.2, 0.25) is 0 Å². The van der Waals surface area contributed by atoms with Crippen molar-refractivity contribution in [1.82, 2.24) is 20.4 Å². The fourth-order valence-corrected chi connectivity index (χ4v) is 1.82. The molecule has 0 spiro atoms. The number of pyridine rings is 1. The summed E-state index contributed by atoms with van der Waals surface area (Å²) in [6, 6.07) is 3.34. The van der Waals surface area contributed by atoms with Gasteiger partial charge in [0.2, 0.25) is 0 Å². The summed E-state index contributed by atoms with van der Waals surface area (Å²) in [5.41, 5.74) is 11.9. The van der Waals surface area contributed by atoms with E-state index in [4.69, 9.17) is 10.5 Å². The zero-order chi connectivity index (χ0) is 16.7. The number of nitrogens with two attached hydrogens (primary N) is 1. The highest BCUT2D eigenvalue weighted by molar-refractivity contribution is 5.94. The number of aromatic nitrogens is 3. The third kappa shape index (κ3) is 4.51. The van der Waals surface area contributed by atoms with Gasteiger partial charge in [0.25, 0.3) is 5.91 Å². The second kappa shape index (κ2) is 7.90. The molecule has 0 saturated heterocycles. The van der Waals surface area contributed by atoms with Crippen LogP contribution in [0.5, 0.6) is 0 Å². The molecular weight excluding hydrogens is 298 g/mol. The second-order valence-corrected chi connectivity index (χ2v) is 4.81. The molecule has 1 atom stereocenters. The van der Waals surface area contributed by atoms with Gasteiger partial charge in [0.1, 0.15) is 12.0 Å². The highest BCUT2D eigenvalue weighted by atomic mass is 16.5. The van der Waals surface area contributed by atoms with Gasteiger partial charge in [-0.1, -0.05) is 0 Å². The summed E-state index contributed by atoms with van der Waals surface area (Å²) in [6.07, 6.45) is 4.39. The number of hydrogen-bond donors (Lipinski definition) is 4. The maximum Gasteiger partial charge on any atom is 0.271 e. The number of carbonyl (C=O) groups excluding carboxylic acids is 1. The van der Waals surface area contributed by atoms with Crippen LogP contribution in [-0.4, -0.2) is 40.6 Å². The van der Waals surface area contributed by atoms with Crippen LogP contribution in [0, 0.1) is 0 Å². The molecule has 0 aliphatic heterocycles. The first-order valence-corrected chi connectivity index (χ1v) is 6.94. The summed E-state index contributed by atoms with van der Waals surface area (Å²) in [6.45, 7) is 2.44. The van der Waals surface area contributed by atoms with Crippen LogP contribution in [-0.2, 0) is 4.74 Å². The van der Waals surface area contributed by atoms with Crippen LogP contribution in [0.1, 0.15) is 17.3 Å². The van der Waals surface area contributed by atoms with Gasteiger partial charge >= 0.3 is 0 Å². The Morgan fingerprint density at radius 2 is 2.17 bits per heavy atom. The Hall–Kier alpha value is -2.94. The predicted octanol–water partition coefficient (Wildman–Crippen LogP) is 0.657. The molecule has 5 N–H and O–H groups in total. The summed E-state index contributed by atoms with van der Waals surface area (Å²) < 4.78 is 5.05. The van der Waals surface area contributed by atoms with Crippen molar-refractivity contribution in [3.63, 3.8) is 0 Å². The summed E-state index contributed by atoms with van der Waals surface area (Å²) in [5, 5.41) is 3.11. The average molecular weight is 317 g/mol. The number of anilines is 3. The fourth-order valence-electron chi connectivity index (χ4n) is 1.82. The molecule has 0 aliphatic rings. The first kappa shape index (κ1) is 16.4. The second-order valence-electron chi connectivity index (χ2n) is 4.81. The Balaban J connectivity index is 2.02. The normalized spacial score (nSPS) is 11.6. The number of carbonyl (C=O) groups is 1. The van der Waals surface area contributed by atoms with Crippen molar-refractivity contribution in [3.8, 4) is 0 Å². The van der Waals surface area contributed by atoms with E-state index < -0.39 is 0 Å². The number of hydrazine groups is 1. The van der Waals surface area contributed by atoms with Gasteiger partial charge in [0.15, 0.2) is 11.6 Å². The molecule has 122 valence electrons. The zero-order valence-electron chi connectivity index (χ0n) is 12.9. The third-order valence-corrected chi connectivity index (χ3v) is 2.90. The minimum atomic E-state index is -0.349. The quantitative estimate of drug-likeness (QED) is 0.548. The van der Waals surface area contributed by atoms with Gasteiger partial charge in [-0.25, -0.2) is 9.97 Å². The summed E-state index contributed by atoms with van der Waals surface area (Å²) in [7, 11) is 1.61. The first-order valence-electron chi connectivity index (χ1n) is 6.94. The molecule has 9 heteroatoms. The Labute approximate surface area is 133 Å². The third-order valence-electron chi connectivity index (χ3n) is 2.90. The largest absolute Gasteiger partial charge is 0.393 e. The van der Waals surface area contributed by atoms with Crippen LogP contribution >= 0.6 is 0 Å². The number of ether oxygens (including phenoxy) is 1. The van der Waals surface area contributed by atoms with Gasteiger partial charge in [0, 0.05) is 25.5 Å². The number of rotatable bonds is 7. The van der Waals surface area contributed by atoms with Crippen LogP contribution in [0.4, 0.5) is 17.3 Å². The van der Waals surface area contributed by atoms with E-state index in [1.165, 1.54) is 12.5 Å². The number of methoxy groups -OCH3 is 1. The van der Waals surface area contributed by atoms with E-state index in [9.17, 15) is 4.79 Å². The van der Waals surface area contributed by atoms with E-state index >= 15 is 0 Å². The number of nitrogen functional groups attached to an aromatic ring is 1. The molecule has 0 bridgehead atoms. The minimum absolute atomic E-state index is 0.0232. The van der Waals surface area contributed by atoms with E-state index in [0.717, 1.165) is 0 Å². The van der Waals surface area contributed by atoms with Gasteiger partial charge in [-0.05, 0) is 19.1 Å². The molecule has 2 heterocycles. The molecule has 2 aromatic heterocycles. The lowest BCUT2D eigenvalue weighted by Gasteiger charge is -2.16. The van der Waals surface area contributed by atoms with Crippen molar-refractivity contribution in [2.75, 3.05) is 30.2 Å². The molecule has 1 unspecified atom stereocenters. The Bertz CT molecular complexity index is 651. The van der Waals surface area contributed by atoms with Crippen LogP contribution < -0.4 is 21.9 Å². The number of hydrogen-bond acceptors (Lipinski definition) is 8. The van der Waals surface area contributed by atoms with Crippen molar-refractivity contribution < 1.29 is 9.53 Å². The molecule has 0 aliphatic carbocycles. The molecular formula is C14H19N7O2. The summed E-state index contributed by atoms with van der Waals surface area (Å²) >= 11 is 0. The topological polar surface area (TPSA) is 127 Å². The molecule has 0 saturated carbocycles. The Morgan fingerprint density at radius 1 is 1.39 bits per heavy atom. The lowest BCUT2D eigenvalue weighted by atomic mass is 10.3. The van der Waals surface area contributed by atoms with E-state index in [1.54, 1.807) is 25.4 Å². The van der Waals surface area contributed by atoms with Gasteiger partial charge < -0.3 is 15.8 Å². The van der Waals surface area contributed by atoms with E-state index in [2.05, 4.69) is 31.1 Å². The molecule has 0 radical (unpaired) electrons. The molecule has 0 fully saturated rings. The molecule has 9 nitrogen and oxygen atoms in total. The number of nitrogens with zero attached hydrogens (tertiary/aromatic N) is 3. The van der Waals surface area contributed by atoms with Gasteiger partial charge in [0.05, 0.1) is 12.2 Å². The van der Waals surface area contributed by atoms with Crippen molar-refractivity contribution in [1.29, 1.82) is 0 Å².